The Morgan fingerprint density at radius 2 is 2.23 bits per heavy atom. The van der Waals surface area contributed by atoms with Gasteiger partial charge in [-0.2, -0.15) is 10.4 Å². The van der Waals surface area contributed by atoms with Gasteiger partial charge in [-0.1, -0.05) is 12.1 Å². The molecule has 1 heterocycles. The Balaban J connectivity index is 2.42. The highest BCUT2D eigenvalue weighted by atomic mass is 16.6. The SMILES string of the molecule is [CH2]CN[N+]1([O-])C=Nc2ccccc21. The van der Waals surface area contributed by atoms with E-state index in [1.165, 1.54) is 6.34 Å². The lowest BCUT2D eigenvalue weighted by atomic mass is 10.3. The first-order valence-electron chi connectivity index (χ1n) is 4.05. The molecule has 0 amide bonds. The Kier molecular flexibility index (Phi) is 1.88. The van der Waals surface area contributed by atoms with Gasteiger partial charge in [-0.05, 0) is 13.0 Å². The lowest BCUT2D eigenvalue weighted by molar-refractivity contribution is 0.439. The highest BCUT2D eigenvalue weighted by Crippen LogP contribution is 2.34. The maximum Gasteiger partial charge on any atom is 0.215 e. The lowest BCUT2D eigenvalue weighted by Crippen LogP contribution is -2.52. The third-order valence-electron chi connectivity index (χ3n) is 1.95. The number of hydrogen-bond acceptors (Lipinski definition) is 3. The Hall–Kier alpha value is -1.23. The average molecular weight is 176 g/mol. The van der Waals surface area contributed by atoms with Crippen LogP contribution in [0.15, 0.2) is 29.3 Å². The zero-order valence-corrected chi connectivity index (χ0v) is 7.10. The number of rotatable bonds is 2. The molecule has 1 radical (unpaired) electrons. The van der Waals surface area contributed by atoms with Gasteiger partial charge in [0.05, 0.1) is 0 Å². The van der Waals surface area contributed by atoms with E-state index in [0.717, 1.165) is 5.69 Å². The molecule has 0 saturated carbocycles. The lowest BCUT2D eigenvalue weighted by Gasteiger charge is -2.33. The smallest absolute Gasteiger partial charge is 0.215 e. The topological polar surface area (TPSA) is 47.4 Å². The van der Waals surface area contributed by atoms with E-state index in [4.69, 9.17) is 0 Å². The van der Waals surface area contributed by atoms with Gasteiger partial charge >= 0.3 is 0 Å². The van der Waals surface area contributed by atoms with Gasteiger partial charge in [0.1, 0.15) is 5.69 Å². The van der Waals surface area contributed by atoms with E-state index < -0.39 is 4.76 Å². The second kappa shape index (κ2) is 2.92. The summed E-state index contributed by atoms with van der Waals surface area (Å²) in [6.45, 7) is 3.94. The molecule has 2 rings (SSSR count). The normalized spacial score (nSPS) is 24.8. The number of quaternary nitrogens is 1. The van der Waals surface area contributed by atoms with E-state index in [1.54, 1.807) is 6.07 Å². The summed E-state index contributed by atoms with van der Waals surface area (Å²) in [6, 6.07) is 7.26. The van der Waals surface area contributed by atoms with Crippen molar-refractivity contribution < 1.29 is 0 Å². The van der Waals surface area contributed by atoms with Gasteiger partial charge in [-0.15, -0.1) is 0 Å². The van der Waals surface area contributed by atoms with Crippen LogP contribution in [-0.2, 0) is 0 Å². The van der Waals surface area contributed by atoms with Crippen LogP contribution in [0.3, 0.4) is 0 Å². The molecule has 0 saturated heterocycles. The van der Waals surface area contributed by atoms with E-state index in [2.05, 4.69) is 17.3 Å². The molecule has 1 atom stereocenters. The summed E-state index contributed by atoms with van der Waals surface area (Å²) < 4.78 is -0.709. The summed E-state index contributed by atoms with van der Waals surface area (Å²) in [4.78, 5) is 4.02. The highest BCUT2D eigenvalue weighted by Gasteiger charge is 2.26. The standard InChI is InChI=1S/C9H10N3O/c1-2-11-12(13)7-10-8-5-3-4-6-9(8)12/h3-7,11H,1-2H2. The molecular weight excluding hydrogens is 166 g/mol. The number of para-hydroxylation sites is 2. The molecule has 0 fully saturated rings. The molecule has 0 aliphatic carbocycles. The number of benzene rings is 1. The zero-order chi connectivity index (χ0) is 9.31. The molecule has 1 aromatic carbocycles. The molecule has 1 aliphatic heterocycles. The largest absolute Gasteiger partial charge is 0.600 e. The summed E-state index contributed by atoms with van der Waals surface area (Å²) in [5.41, 5.74) is 4.04. The number of nitrogens with zero attached hydrogens (tertiary/aromatic N) is 2. The van der Waals surface area contributed by atoms with Crippen LogP contribution in [0.5, 0.6) is 0 Å². The van der Waals surface area contributed by atoms with Crippen LogP contribution in [0.4, 0.5) is 11.4 Å². The molecule has 1 aromatic rings. The Morgan fingerprint density at radius 3 is 3.00 bits per heavy atom. The van der Waals surface area contributed by atoms with E-state index in [9.17, 15) is 5.21 Å². The Bertz CT molecular complexity index is 350. The minimum atomic E-state index is -0.709. The van der Waals surface area contributed by atoms with Gasteiger partial charge in [0.25, 0.3) is 0 Å². The van der Waals surface area contributed by atoms with E-state index in [1.807, 2.05) is 18.2 Å². The Labute approximate surface area is 76.7 Å². The van der Waals surface area contributed by atoms with Gasteiger partial charge in [0.15, 0.2) is 5.69 Å². The van der Waals surface area contributed by atoms with Crippen LogP contribution in [0.2, 0.25) is 0 Å². The average Bonchev–Trinajstić information content (AvgIpc) is 2.46. The quantitative estimate of drug-likeness (QED) is 0.548. The maximum absolute atomic E-state index is 12.0. The van der Waals surface area contributed by atoms with Crippen molar-refractivity contribution >= 4 is 17.7 Å². The van der Waals surface area contributed by atoms with Crippen molar-refractivity contribution in [1.82, 2.24) is 10.2 Å². The third-order valence-corrected chi connectivity index (χ3v) is 1.95. The fourth-order valence-electron chi connectivity index (χ4n) is 1.35. The van der Waals surface area contributed by atoms with Gasteiger partial charge in [-0.25, -0.2) is 4.76 Å². The predicted molar refractivity (Wildman–Crippen MR) is 53.1 cm³/mol. The fourth-order valence-corrected chi connectivity index (χ4v) is 1.35. The highest BCUT2D eigenvalue weighted by molar-refractivity contribution is 5.88. The maximum atomic E-state index is 12.0. The summed E-state index contributed by atoms with van der Waals surface area (Å²) >= 11 is 0. The monoisotopic (exact) mass is 176 g/mol. The first-order chi connectivity index (χ1) is 6.26. The third kappa shape index (κ3) is 1.25. The van der Waals surface area contributed by atoms with Gasteiger partial charge < -0.3 is 5.21 Å². The number of aliphatic imine (C=N–C) groups is 1. The molecule has 4 heteroatoms. The minimum Gasteiger partial charge on any atom is -0.600 e. The number of hydrogen-bond donors (Lipinski definition) is 1. The summed E-state index contributed by atoms with van der Waals surface area (Å²) in [6.07, 6.45) is 1.33. The zero-order valence-electron chi connectivity index (χ0n) is 7.10. The number of fused-ring (bicyclic) bond motifs is 1. The van der Waals surface area contributed by atoms with Crippen LogP contribution in [-0.4, -0.2) is 12.9 Å². The van der Waals surface area contributed by atoms with Crippen molar-refractivity contribution in [3.05, 3.63) is 36.4 Å². The van der Waals surface area contributed by atoms with Crippen LogP contribution >= 0.6 is 0 Å². The van der Waals surface area contributed by atoms with Crippen LogP contribution < -0.4 is 10.2 Å². The molecule has 1 N–H and O–H groups in total. The predicted octanol–water partition coefficient (Wildman–Crippen LogP) is 1.50. The van der Waals surface area contributed by atoms with Gasteiger partial charge in [0.2, 0.25) is 6.34 Å². The van der Waals surface area contributed by atoms with Crippen molar-refractivity contribution in [2.45, 2.75) is 0 Å². The molecule has 0 spiro atoms. The Morgan fingerprint density at radius 1 is 1.46 bits per heavy atom. The van der Waals surface area contributed by atoms with Crippen molar-refractivity contribution in [3.63, 3.8) is 0 Å². The molecule has 67 valence electrons. The number of hydroxylamine groups is 1. The fraction of sp³-hybridized carbons (Fsp3) is 0.111. The van der Waals surface area contributed by atoms with Crippen molar-refractivity contribution in [2.24, 2.45) is 4.99 Å². The number of nitrogens with one attached hydrogen (secondary N) is 1. The van der Waals surface area contributed by atoms with E-state index >= 15 is 0 Å². The molecule has 0 aromatic heterocycles. The van der Waals surface area contributed by atoms with Crippen LogP contribution in [0, 0.1) is 12.1 Å². The van der Waals surface area contributed by atoms with Crippen molar-refractivity contribution in [3.8, 4) is 0 Å². The van der Waals surface area contributed by atoms with Crippen molar-refractivity contribution in [1.29, 1.82) is 0 Å². The summed E-state index contributed by atoms with van der Waals surface area (Å²) in [7, 11) is 0. The van der Waals surface area contributed by atoms with E-state index in [-0.39, 0.29) is 0 Å². The molecule has 1 aliphatic rings. The summed E-state index contributed by atoms with van der Waals surface area (Å²) in [5, 5.41) is 12.0. The molecule has 13 heavy (non-hydrogen) atoms. The van der Waals surface area contributed by atoms with E-state index in [0.29, 0.717) is 12.2 Å². The van der Waals surface area contributed by atoms with Gasteiger partial charge in [0, 0.05) is 12.6 Å². The molecular formula is C9H10N3O. The van der Waals surface area contributed by atoms with Crippen molar-refractivity contribution in [2.75, 3.05) is 6.54 Å². The molecule has 4 nitrogen and oxygen atoms in total. The second-order valence-corrected chi connectivity index (χ2v) is 2.80. The van der Waals surface area contributed by atoms with Gasteiger partial charge in [-0.3, -0.25) is 0 Å². The molecule has 1 unspecified atom stereocenters. The summed E-state index contributed by atoms with van der Waals surface area (Å²) in [5.74, 6) is 0. The molecule has 0 bridgehead atoms. The van der Waals surface area contributed by atoms with Crippen LogP contribution in [0.1, 0.15) is 0 Å². The second-order valence-electron chi connectivity index (χ2n) is 2.80. The minimum absolute atomic E-state index is 0.365. The first-order valence-corrected chi connectivity index (χ1v) is 4.05. The first kappa shape index (κ1) is 8.37. The van der Waals surface area contributed by atoms with Crippen LogP contribution in [0.25, 0.3) is 0 Å².